The molecule has 0 spiro atoms. The molecule has 1 unspecified atom stereocenters. The Kier molecular flexibility index (Phi) is 2.92. The van der Waals surface area contributed by atoms with Crippen LogP contribution in [-0.2, 0) is 0 Å². The van der Waals surface area contributed by atoms with Gasteiger partial charge in [-0.2, -0.15) is 0 Å². The van der Waals surface area contributed by atoms with E-state index in [1.807, 2.05) is 12.2 Å². The van der Waals surface area contributed by atoms with E-state index in [9.17, 15) is 4.39 Å². The Morgan fingerprint density at radius 1 is 1.22 bits per heavy atom. The van der Waals surface area contributed by atoms with Crippen LogP contribution >= 0.6 is 0 Å². The summed E-state index contributed by atoms with van der Waals surface area (Å²) in [6.45, 7) is 0. The average Bonchev–Trinajstić information content (AvgIpc) is 2.39. The van der Waals surface area contributed by atoms with E-state index in [0.717, 1.165) is 18.5 Å². The Morgan fingerprint density at radius 3 is 2.89 bits per heavy atom. The maximum Gasteiger partial charge on any atom is 0.100 e. The normalized spacial score (nSPS) is 30.9. The van der Waals surface area contributed by atoms with E-state index in [-0.39, 0.29) is 11.9 Å². The minimum absolute atomic E-state index is 0.0241. The first-order valence-corrected chi connectivity index (χ1v) is 6.39. The highest BCUT2D eigenvalue weighted by molar-refractivity contribution is 5.43. The molecule has 0 aromatic heterocycles. The maximum atomic E-state index is 13.0. The first-order chi connectivity index (χ1) is 8.74. The Hall–Kier alpha value is -1.61. The molecule has 0 aromatic carbocycles. The highest BCUT2D eigenvalue weighted by Crippen LogP contribution is 2.28. The number of allylic oxidation sites excluding steroid dienone is 4. The van der Waals surface area contributed by atoms with Crippen molar-refractivity contribution in [3.63, 3.8) is 0 Å². The van der Waals surface area contributed by atoms with Gasteiger partial charge in [-0.3, -0.25) is 5.32 Å². The van der Waals surface area contributed by atoms with Crippen LogP contribution in [0.5, 0.6) is 0 Å². The van der Waals surface area contributed by atoms with Crippen molar-refractivity contribution in [2.45, 2.75) is 31.3 Å². The third-order valence-corrected chi connectivity index (χ3v) is 3.76. The molecule has 0 saturated heterocycles. The van der Waals surface area contributed by atoms with Crippen molar-refractivity contribution >= 4 is 0 Å². The van der Waals surface area contributed by atoms with Crippen LogP contribution in [0.4, 0.5) is 4.39 Å². The van der Waals surface area contributed by atoms with Gasteiger partial charge in [-0.15, -0.1) is 0 Å². The number of hydrogen-bond donors (Lipinski definition) is 2. The first-order valence-electron chi connectivity index (χ1n) is 6.39. The third kappa shape index (κ3) is 2.06. The lowest BCUT2D eigenvalue weighted by molar-refractivity contribution is 0.513. The zero-order valence-corrected chi connectivity index (χ0v) is 10.2. The topological polar surface area (TPSA) is 38.0 Å². The summed E-state index contributed by atoms with van der Waals surface area (Å²) in [6, 6.07) is 0.504. The summed E-state index contributed by atoms with van der Waals surface area (Å²) in [5.41, 5.74) is 9.23. The summed E-state index contributed by atoms with van der Waals surface area (Å²) in [7, 11) is 0. The lowest BCUT2D eigenvalue weighted by atomic mass is 9.88. The minimum atomic E-state index is -0.0241. The second-order valence-electron chi connectivity index (χ2n) is 4.96. The van der Waals surface area contributed by atoms with Gasteiger partial charge in [0.05, 0.1) is 0 Å². The van der Waals surface area contributed by atoms with Crippen molar-refractivity contribution in [3.05, 3.63) is 59.1 Å². The van der Waals surface area contributed by atoms with Crippen molar-refractivity contribution in [2.24, 2.45) is 5.73 Å². The van der Waals surface area contributed by atoms with Crippen molar-refractivity contribution in [1.82, 2.24) is 5.32 Å². The zero-order valence-electron chi connectivity index (χ0n) is 10.2. The number of nitrogens with one attached hydrogen (secondary N) is 1. The van der Waals surface area contributed by atoms with Crippen LogP contribution in [0.2, 0.25) is 0 Å². The minimum Gasteiger partial charge on any atom is -0.398 e. The molecule has 0 aromatic rings. The molecule has 0 amide bonds. The monoisotopic (exact) mass is 244 g/mol. The molecule has 3 heteroatoms. The Bertz CT molecular complexity index is 509. The van der Waals surface area contributed by atoms with Crippen molar-refractivity contribution in [3.8, 4) is 0 Å². The molecule has 3 rings (SSSR count). The second-order valence-corrected chi connectivity index (χ2v) is 4.96. The second kappa shape index (κ2) is 4.58. The highest BCUT2D eigenvalue weighted by atomic mass is 19.1. The van der Waals surface area contributed by atoms with Gasteiger partial charge in [-0.05, 0) is 36.1 Å². The standard InChI is InChI=1S/C15H17FN2/c16-11-6-4-10(5-7-11)14-9-8-12-13(17)2-1-3-15(12)18-14/h1-2,4,6,8-9,14-15,18H,3,5,7,17H2/t14?,15-/m0/s1. The number of fused-ring (bicyclic) bond motifs is 1. The molecule has 94 valence electrons. The van der Waals surface area contributed by atoms with Gasteiger partial charge in [0.15, 0.2) is 0 Å². The molecule has 0 fully saturated rings. The Labute approximate surface area is 106 Å². The van der Waals surface area contributed by atoms with Crippen LogP contribution in [0.3, 0.4) is 0 Å². The molecule has 3 N–H and O–H groups in total. The average molecular weight is 244 g/mol. The number of hydrogen-bond acceptors (Lipinski definition) is 2. The lowest BCUT2D eigenvalue weighted by Gasteiger charge is -2.32. The molecule has 0 radical (unpaired) electrons. The molecular formula is C15H17FN2. The van der Waals surface area contributed by atoms with Crippen molar-refractivity contribution < 1.29 is 4.39 Å². The van der Waals surface area contributed by atoms with Crippen molar-refractivity contribution in [2.75, 3.05) is 0 Å². The molecule has 2 aliphatic carbocycles. The van der Waals surface area contributed by atoms with Crippen LogP contribution in [-0.4, -0.2) is 12.1 Å². The van der Waals surface area contributed by atoms with E-state index >= 15 is 0 Å². The fourth-order valence-corrected chi connectivity index (χ4v) is 2.72. The molecule has 0 bridgehead atoms. The Balaban J connectivity index is 1.83. The lowest BCUT2D eigenvalue weighted by Crippen LogP contribution is -2.43. The summed E-state index contributed by atoms with van der Waals surface area (Å²) in [4.78, 5) is 0. The van der Waals surface area contributed by atoms with Crippen LogP contribution in [0, 0.1) is 0 Å². The van der Waals surface area contributed by atoms with Crippen LogP contribution < -0.4 is 11.1 Å². The summed E-state index contributed by atoms with van der Waals surface area (Å²) in [6.07, 6.45) is 14.1. The van der Waals surface area contributed by atoms with Gasteiger partial charge in [0.1, 0.15) is 5.83 Å². The largest absolute Gasteiger partial charge is 0.398 e. The van der Waals surface area contributed by atoms with E-state index in [2.05, 4.69) is 23.5 Å². The van der Waals surface area contributed by atoms with E-state index in [1.165, 1.54) is 11.1 Å². The number of halogens is 1. The quantitative estimate of drug-likeness (QED) is 0.744. The fraction of sp³-hybridized carbons (Fsp3) is 0.333. The fourth-order valence-electron chi connectivity index (χ4n) is 2.72. The van der Waals surface area contributed by atoms with Gasteiger partial charge >= 0.3 is 0 Å². The van der Waals surface area contributed by atoms with Gasteiger partial charge in [0.25, 0.3) is 0 Å². The molecule has 2 nitrogen and oxygen atoms in total. The molecule has 1 aliphatic heterocycles. The zero-order chi connectivity index (χ0) is 12.5. The summed E-state index contributed by atoms with van der Waals surface area (Å²) in [5.74, 6) is -0.0241. The molecule has 2 atom stereocenters. The van der Waals surface area contributed by atoms with Gasteiger partial charge < -0.3 is 5.73 Å². The smallest absolute Gasteiger partial charge is 0.100 e. The van der Waals surface area contributed by atoms with Gasteiger partial charge in [0, 0.05) is 24.2 Å². The third-order valence-electron chi connectivity index (χ3n) is 3.76. The molecule has 3 aliphatic rings. The van der Waals surface area contributed by atoms with Crippen LogP contribution in [0.1, 0.15) is 19.3 Å². The molecule has 1 heterocycles. The van der Waals surface area contributed by atoms with E-state index in [0.29, 0.717) is 12.5 Å². The molecule has 0 saturated carbocycles. The van der Waals surface area contributed by atoms with Gasteiger partial charge in [-0.25, -0.2) is 4.39 Å². The van der Waals surface area contributed by atoms with Gasteiger partial charge in [0.2, 0.25) is 0 Å². The van der Waals surface area contributed by atoms with E-state index in [1.54, 1.807) is 6.08 Å². The number of nitrogens with two attached hydrogens (primary N) is 1. The summed E-state index contributed by atoms with van der Waals surface area (Å²) >= 11 is 0. The first kappa shape index (κ1) is 11.5. The summed E-state index contributed by atoms with van der Waals surface area (Å²) < 4.78 is 13.0. The predicted molar refractivity (Wildman–Crippen MR) is 71.3 cm³/mol. The SMILES string of the molecule is NC1=C2C=CC(C3=CC=C(F)CC3)N[C@H]2CC=C1. The van der Waals surface area contributed by atoms with E-state index in [4.69, 9.17) is 5.73 Å². The maximum absolute atomic E-state index is 13.0. The van der Waals surface area contributed by atoms with Gasteiger partial charge in [-0.1, -0.05) is 24.3 Å². The number of rotatable bonds is 1. The molecular weight excluding hydrogens is 227 g/mol. The predicted octanol–water partition coefficient (Wildman–Crippen LogP) is 2.63. The Morgan fingerprint density at radius 2 is 2.11 bits per heavy atom. The van der Waals surface area contributed by atoms with Crippen molar-refractivity contribution in [1.29, 1.82) is 0 Å². The molecule has 18 heavy (non-hydrogen) atoms. The summed E-state index contributed by atoms with van der Waals surface area (Å²) in [5, 5.41) is 3.57. The van der Waals surface area contributed by atoms with Crippen LogP contribution in [0.25, 0.3) is 0 Å². The highest BCUT2D eigenvalue weighted by Gasteiger charge is 2.25. The van der Waals surface area contributed by atoms with Crippen LogP contribution in [0.15, 0.2) is 59.1 Å². The van der Waals surface area contributed by atoms with E-state index < -0.39 is 0 Å².